The van der Waals surface area contributed by atoms with Gasteiger partial charge in [-0.25, -0.2) is 14.4 Å². The summed E-state index contributed by atoms with van der Waals surface area (Å²) in [6, 6.07) is 4.95. The van der Waals surface area contributed by atoms with E-state index >= 15 is 0 Å². The van der Waals surface area contributed by atoms with Gasteiger partial charge in [0.1, 0.15) is 11.6 Å². The number of anilines is 1. The third-order valence-corrected chi connectivity index (χ3v) is 3.37. The van der Waals surface area contributed by atoms with Gasteiger partial charge in [0, 0.05) is 23.9 Å². The summed E-state index contributed by atoms with van der Waals surface area (Å²) >= 11 is 0. The van der Waals surface area contributed by atoms with Crippen molar-refractivity contribution in [3.8, 4) is 11.4 Å². The minimum atomic E-state index is -0.210. The van der Waals surface area contributed by atoms with E-state index in [0.717, 1.165) is 22.6 Å². The highest BCUT2D eigenvalue weighted by molar-refractivity contribution is 5.61. The van der Waals surface area contributed by atoms with E-state index in [9.17, 15) is 4.39 Å². The van der Waals surface area contributed by atoms with Gasteiger partial charge >= 0.3 is 0 Å². The Bertz CT molecular complexity index is 636. The largest absolute Gasteiger partial charge is 0.373 e. The summed E-state index contributed by atoms with van der Waals surface area (Å²) in [5.41, 5.74) is 3.51. The van der Waals surface area contributed by atoms with Gasteiger partial charge < -0.3 is 5.32 Å². The predicted molar refractivity (Wildman–Crippen MR) is 80.5 cm³/mol. The average molecular weight is 273 g/mol. The molecular weight excluding hydrogens is 253 g/mol. The maximum absolute atomic E-state index is 13.4. The number of hydrogen-bond donors (Lipinski definition) is 1. The lowest BCUT2D eigenvalue weighted by atomic mass is 10.0. The zero-order chi connectivity index (χ0) is 14.9. The Kier molecular flexibility index (Phi) is 4.02. The minimum Gasteiger partial charge on any atom is -0.373 e. The Balaban J connectivity index is 2.58. The molecule has 0 aliphatic carbocycles. The molecule has 1 aromatic heterocycles. The van der Waals surface area contributed by atoms with Crippen LogP contribution in [0.1, 0.15) is 36.6 Å². The molecule has 0 aliphatic rings. The molecule has 0 fully saturated rings. The number of nitrogens with zero attached hydrogens (tertiary/aromatic N) is 2. The Labute approximate surface area is 119 Å². The van der Waals surface area contributed by atoms with E-state index in [1.54, 1.807) is 19.1 Å². The fraction of sp³-hybridized carbons (Fsp3) is 0.375. The molecular formula is C16H20FN3. The van der Waals surface area contributed by atoms with Crippen molar-refractivity contribution in [3.63, 3.8) is 0 Å². The van der Waals surface area contributed by atoms with E-state index in [2.05, 4.69) is 29.1 Å². The summed E-state index contributed by atoms with van der Waals surface area (Å²) in [5, 5.41) is 3.13. The van der Waals surface area contributed by atoms with Crippen molar-refractivity contribution in [1.29, 1.82) is 0 Å². The number of rotatable bonds is 3. The highest BCUT2D eigenvalue weighted by Crippen LogP contribution is 2.28. The molecule has 1 aromatic carbocycles. The van der Waals surface area contributed by atoms with Gasteiger partial charge in [-0.05, 0) is 43.5 Å². The molecule has 1 heterocycles. The van der Waals surface area contributed by atoms with Crippen LogP contribution in [0.4, 0.5) is 10.2 Å². The van der Waals surface area contributed by atoms with Crippen LogP contribution in [0.2, 0.25) is 0 Å². The van der Waals surface area contributed by atoms with Gasteiger partial charge in [0.05, 0.1) is 0 Å². The molecule has 0 bridgehead atoms. The van der Waals surface area contributed by atoms with E-state index in [-0.39, 0.29) is 5.82 Å². The van der Waals surface area contributed by atoms with Gasteiger partial charge in [-0.1, -0.05) is 13.8 Å². The quantitative estimate of drug-likeness (QED) is 0.916. The SMILES string of the molecule is CNc1nc(-c2ccc(F)c(C)c2)nc(C)c1C(C)C. The predicted octanol–water partition coefficient (Wildman–Crippen LogP) is 4.06. The number of benzene rings is 1. The summed E-state index contributed by atoms with van der Waals surface area (Å²) in [7, 11) is 1.85. The molecule has 0 aliphatic heterocycles. The first-order chi connectivity index (χ1) is 9.43. The zero-order valence-corrected chi connectivity index (χ0v) is 12.6. The fourth-order valence-corrected chi connectivity index (χ4v) is 2.38. The number of aromatic nitrogens is 2. The first-order valence-electron chi connectivity index (χ1n) is 6.76. The van der Waals surface area contributed by atoms with E-state index in [1.165, 1.54) is 6.07 Å². The monoisotopic (exact) mass is 273 g/mol. The van der Waals surface area contributed by atoms with Gasteiger partial charge in [0.2, 0.25) is 0 Å². The van der Waals surface area contributed by atoms with E-state index in [4.69, 9.17) is 0 Å². The number of nitrogens with one attached hydrogen (secondary N) is 1. The van der Waals surface area contributed by atoms with Crippen molar-refractivity contribution in [2.75, 3.05) is 12.4 Å². The molecule has 106 valence electrons. The van der Waals surface area contributed by atoms with Crippen molar-refractivity contribution in [3.05, 3.63) is 40.8 Å². The second-order valence-electron chi connectivity index (χ2n) is 5.26. The van der Waals surface area contributed by atoms with E-state index in [1.807, 2.05) is 14.0 Å². The fourth-order valence-electron chi connectivity index (χ4n) is 2.38. The molecule has 0 atom stereocenters. The lowest BCUT2D eigenvalue weighted by Crippen LogP contribution is -2.07. The summed E-state index contributed by atoms with van der Waals surface area (Å²) in [6.45, 7) is 7.97. The van der Waals surface area contributed by atoms with Gasteiger partial charge in [-0.2, -0.15) is 0 Å². The topological polar surface area (TPSA) is 37.8 Å². The van der Waals surface area contributed by atoms with Crippen molar-refractivity contribution in [2.45, 2.75) is 33.6 Å². The number of hydrogen-bond acceptors (Lipinski definition) is 3. The molecule has 20 heavy (non-hydrogen) atoms. The van der Waals surface area contributed by atoms with Gasteiger partial charge in [0.25, 0.3) is 0 Å². The Hall–Kier alpha value is -1.97. The zero-order valence-electron chi connectivity index (χ0n) is 12.6. The maximum Gasteiger partial charge on any atom is 0.161 e. The molecule has 0 saturated heterocycles. The molecule has 2 aromatic rings. The maximum atomic E-state index is 13.4. The van der Waals surface area contributed by atoms with Crippen molar-refractivity contribution >= 4 is 5.82 Å². The molecule has 3 nitrogen and oxygen atoms in total. The third-order valence-electron chi connectivity index (χ3n) is 3.37. The lowest BCUT2D eigenvalue weighted by Gasteiger charge is -2.15. The Morgan fingerprint density at radius 3 is 2.40 bits per heavy atom. The van der Waals surface area contributed by atoms with E-state index < -0.39 is 0 Å². The summed E-state index contributed by atoms with van der Waals surface area (Å²) in [6.07, 6.45) is 0. The highest BCUT2D eigenvalue weighted by atomic mass is 19.1. The Morgan fingerprint density at radius 2 is 1.85 bits per heavy atom. The molecule has 0 amide bonds. The molecule has 2 rings (SSSR count). The molecule has 4 heteroatoms. The summed E-state index contributed by atoms with van der Waals surface area (Å²) in [4.78, 5) is 9.14. The van der Waals surface area contributed by atoms with Crippen LogP contribution in [-0.4, -0.2) is 17.0 Å². The number of aryl methyl sites for hydroxylation is 2. The smallest absolute Gasteiger partial charge is 0.161 e. The second-order valence-corrected chi connectivity index (χ2v) is 5.26. The van der Waals surface area contributed by atoms with Crippen LogP contribution in [0.25, 0.3) is 11.4 Å². The molecule has 0 saturated carbocycles. The molecule has 0 unspecified atom stereocenters. The highest BCUT2D eigenvalue weighted by Gasteiger charge is 2.15. The molecule has 0 spiro atoms. The van der Waals surface area contributed by atoms with Gasteiger partial charge in [-0.15, -0.1) is 0 Å². The van der Waals surface area contributed by atoms with Crippen LogP contribution in [0.3, 0.4) is 0 Å². The van der Waals surface area contributed by atoms with Crippen LogP contribution in [0, 0.1) is 19.7 Å². The van der Waals surface area contributed by atoms with Crippen molar-refractivity contribution in [2.24, 2.45) is 0 Å². The Morgan fingerprint density at radius 1 is 1.15 bits per heavy atom. The normalized spacial score (nSPS) is 10.9. The lowest BCUT2D eigenvalue weighted by molar-refractivity contribution is 0.618. The number of halogens is 1. The summed E-state index contributed by atoms with van der Waals surface area (Å²) < 4.78 is 13.4. The van der Waals surface area contributed by atoms with Crippen LogP contribution < -0.4 is 5.32 Å². The van der Waals surface area contributed by atoms with Gasteiger partial charge in [-0.3, -0.25) is 0 Å². The van der Waals surface area contributed by atoms with E-state index in [0.29, 0.717) is 17.3 Å². The first kappa shape index (κ1) is 14.4. The van der Waals surface area contributed by atoms with Crippen LogP contribution >= 0.6 is 0 Å². The van der Waals surface area contributed by atoms with Crippen molar-refractivity contribution < 1.29 is 4.39 Å². The first-order valence-corrected chi connectivity index (χ1v) is 6.76. The third kappa shape index (κ3) is 2.64. The minimum absolute atomic E-state index is 0.210. The van der Waals surface area contributed by atoms with Crippen LogP contribution in [-0.2, 0) is 0 Å². The average Bonchev–Trinajstić information content (AvgIpc) is 2.40. The van der Waals surface area contributed by atoms with Crippen molar-refractivity contribution in [1.82, 2.24) is 9.97 Å². The second kappa shape index (κ2) is 5.57. The van der Waals surface area contributed by atoms with Gasteiger partial charge in [0.15, 0.2) is 5.82 Å². The standard InChI is InChI=1S/C16H20FN3/c1-9(2)14-11(4)19-15(20-16(14)18-5)12-6-7-13(17)10(3)8-12/h6-9H,1-5H3,(H,18,19,20). The molecule has 1 N–H and O–H groups in total. The summed E-state index contributed by atoms with van der Waals surface area (Å²) in [5.74, 6) is 1.60. The van der Waals surface area contributed by atoms with Crippen LogP contribution in [0.5, 0.6) is 0 Å². The molecule has 0 radical (unpaired) electrons. The van der Waals surface area contributed by atoms with Crippen LogP contribution in [0.15, 0.2) is 18.2 Å².